The lowest BCUT2D eigenvalue weighted by Gasteiger charge is -2.40. The van der Waals surface area contributed by atoms with Crippen LogP contribution in [-0.2, 0) is 27.8 Å². The van der Waals surface area contributed by atoms with Gasteiger partial charge in [0, 0.05) is 12.6 Å². The summed E-state index contributed by atoms with van der Waals surface area (Å²) in [6.45, 7) is 8.66. The summed E-state index contributed by atoms with van der Waals surface area (Å²) < 4.78 is 74.7. The molecule has 2 fully saturated rings. The predicted octanol–water partition coefficient (Wildman–Crippen LogP) is 3.86. The quantitative estimate of drug-likeness (QED) is 0.227. The molecule has 1 aromatic carbocycles. The van der Waals surface area contributed by atoms with Gasteiger partial charge >= 0.3 is 25.3 Å². The van der Waals surface area contributed by atoms with E-state index >= 15 is 8.78 Å². The summed E-state index contributed by atoms with van der Waals surface area (Å²) in [5.74, 6) is -4.38. The van der Waals surface area contributed by atoms with Crippen molar-refractivity contribution < 1.29 is 41.1 Å². The van der Waals surface area contributed by atoms with Crippen LogP contribution in [0.5, 0.6) is 5.75 Å². The number of carbonyl (C=O) groups is 1. The van der Waals surface area contributed by atoms with E-state index < -0.39 is 69.8 Å². The number of hydrogen-bond acceptors (Lipinski definition) is 10. The Hall–Kier alpha value is -2.68. The van der Waals surface area contributed by atoms with Crippen molar-refractivity contribution in [2.45, 2.75) is 75.7 Å². The summed E-state index contributed by atoms with van der Waals surface area (Å²) in [4.78, 5) is 28.1. The molecule has 0 spiro atoms. The van der Waals surface area contributed by atoms with Crippen molar-refractivity contribution in [2.24, 2.45) is 0 Å². The van der Waals surface area contributed by atoms with E-state index in [9.17, 15) is 14.2 Å². The lowest BCUT2D eigenvalue weighted by Crippen LogP contribution is -2.52. The fourth-order valence-electron chi connectivity index (χ4n) is 4.03. The molecule has 3 heterocycles. The van der Waals surface area contributed by atoms with Crippen LogP contribution in [-0.4, -0.2) is 61.2 Å². The van der Waals surface area contributed by atoms with Crippen molar-refractivity contribution >= 4 is 27.9 Å². The number of para-hydroxylation sites is 1. The number of esters is 1. The molecule has 41 heavy (non-hydrogen) atoms. The highest BCUT2D eigenvalue weighted by Crippen LogP contribution is 2.50. The molecule has 2 unspecified atom stereocenters. The van der Waals surface area contributed by atoms with Crippen LogP contribution in [0.1, 0.15) is 33.4 Å². The predicted molar refractivity (Wildman–Crippen MR) is 147 cm³/mol. The van der Waals surface area contributed by atoms with Crippen LogP contribution in [0.4, 0.5) is 14.6 Å². The van der Waals surface area contributed by atoms with Gasteiger partial charge in [-0.2, -0.15) is 18.9 Å². The van der Waals surface area contributed by atoms with E-state index in [1.807, 2.05) is 20.8 Å². The lowest BCUT2D eigenvalue weighted by atomic mass is 10.1. The SMILES string of the molecule is CC(C)(C)[Si](C)(C)O[C@@H]1C(COP(=O)(N[C@H]2CCOC2=O)Oc2ccccc2)O[C@@H](n2ccc(N)nc2=O)C1(F)F. The summed E-state index contributed by atoms with van der Waals surface area (Å²) in [6.07, 6.45) is -4.24. The van der Waals surface area contributed by atoms with Gasteiger partial charge in [-0.15, -0.1) is 0 Å². The molecule has 4 rings (SSSR count). The molecule has 0 amide bonds. The Morgan fingerprint density at radius 2 is 1.90 bits per heavy atom. The van der Waals surface area contributed by atoms with E-state index in [0.29, 0.717) is 4.57 Å². The lowest BCUT2D eigenvalue weighted by molar-refractivity contribution is -0.139. The smallest absolute Gasteiger partial charge is 0.459 e. The summed E-state index contributed by atoms with van der Waals surface area (Å²) in [5, 5.41) is 2.11. The molecule has 0 radical (unpaired) electrons. The maximum absolute atomic E-state index is 16.1. The summed E-state index contributed by atoms with van der Waals surface area (Å²) in [6, 6.07) is 8.22. The largest absolute Gasteiger partial charge is 0.464 e. The molecule has 226 valence electrons. The van der Waals surface area contributed by atoms with E-state index in [4.69, 9.17) is 28.7 Å². The minimum absolute atomic E-state index is 0.105. The minimum atomic E-state index is -4.36. The molecule has 2 aliphatic heterocycles. The van der Waals surface area contributed by atoms with Crippen molar-refractivity contribution in [3.63, 3.8) is 0 Å². The number of alkyl halides is 2. The zero-order valence-corrected chi connectivity index (χ0v) is 25.3. The highest BCUT2D eigenvalue weighted by atomic mass is 31.2. The number of benzene rings is 1. The van der Waals surface area contributed by atoms with Crippen LogP contribution in [0.2, 0.25) is 18.1 Å². The normalized spacial score (nSPS) is 26.0. The number of aromatic nitrogens is 2. The molecular weight excluding hydrogens is 581 g/mol. The van der Waals surface area contributed by atoms with Gasteiger partial charge in [0.2, 0.25) is 6.23 Å². The Bertz CT molecular complexity index is 1360. The van der Waals surface area contributed by atoms with Crippen LogP contribution in [0, 0.1) is 0 Å². The second-order valence-electron chi connectivity index (χ2n) is 11.4. The van der Waals surface area contributed by atoms with Crippen LogP contribution < -0.4 is 21.0 Å². The average molecular weight is 617 g/mol. The zero-order valence-electron chi connectivity index (χ0n) is 23.4. The highest BCUT2D eigenvalue weighted by Gasteiger charge is 2.63. The standard InChI is InChI=1S/C25H35F2N4O8PSi/c1-24(2,3)41(4,5)39-20-18(37-22(25(20,26)27)31-13-11-19(28)29-23(31)33)15-36-40(34,30-17-12-14-35-21(17)32)38-16-9-7-6-8-10-16/h6-11,13,17-18,20,22H,12,14-15H2,1-5H3,(H,30,34)(H2,28,29,33)/t17-,18?,20+,22+,40?/m0/s1. The number of nitrogen functional groups attached to an aromatic ring is 1. The number of rotatable bonds is 10. The first-order chi connectivity index (χ1) is 19.0. The number of cyclic esters (lactones) is 1. The molecule has 16 heteroatoms. The minimum Gasteiger partial charge on any atom is -0.464 e. The number of nitrogens with two attached hydrogens (primary N) is 1. The zero-order chi connectivity index (χ0) is 30.2. The average Bonchev–Trinajstić information content (AvgIpc) is 3.37. The van der Waals surface area contributed by atoms with E-state index in [-0.39, 0.29) is 24.6 Å². The van der Waals surface area contributed by atoms with Crippen molar-refractivity contribution in [1.82, 2.24) is 14.6 Å². The Kier molecular flexibility index (Phi) is 8.79. The van der Waals surface area contributed by atoms with Crippen molar-refractivity contribution in [1.29, 1.82) is 0 Å². The van der Waals surface area contributed by atoms with Crippen molar-refractivity contribution in [3.05, 3.63) is 53.1 Å². The molecule has 0 bridgehead atoms. The van der Waals surface area contributed by atoms with Gasteiger partial charge in [0.1, 0.15) is 29.8 Å². The van der Waals surface area contributed by atoms with E-state index in [1.165, 1.54) is 18.2 Å². The fraction of sp³-hybridized carbons (Fsp3) is 0.560. The van der Waals surface area contributed by atoms with Gasteiger partial charge in [-0.25, -0.2) is 9.36 Å². The topological polar surface area (TPSA) is 153 Å². The molecule has 0 saturated carbocycles. The van der Waals surface area contributed by atoms with Gasteiger partial charge in [0.15, 0.2) is 8.32 Å². The third-order valence-corrected chi connectivity index (χ3v) is 13.3. The Balaban J connectivity index is 1.66. The monoisotopic (exact) mass is 616 g/mol. The second kappa shape index (κ2) is 11.5. The first kappa shape index (κ1) is 31.3. The Labute approximate surface area is 237 Å². The maximum atomic E-state index is 16.1. The van der Waals surface area contributed by atoms with Gasteiger partial charge in [0.05, 0.1) is 13.2 Å². The third kappa shape index (κ3) is 6.87. The number of nitrogens with one attached hydrogen (secondary N) is 1. The van der Waals surface area contributed by atoms with Crippen LogP contribution in [0.25, 0.3) is 0 Å². The number of nitrogens with zero attached hydrogens (tertiary/aromatic N) is 2. The number of halogens is 2. The number of hydrogen-bond donors (Lipinski definition) is 2. The summed E-state index contributed by atoms with van der Waals surface area (Å²) >= 11 is 0. The molecule has 3 N–H and O–H groups in total. The third-order valence-electron chi connectivity index (χ3n) is 7.31. The van der Waals surface area contributed by atoms with E-state index in [0.717, 1.165) is 6.20 Å². The summed E-state index contributed by atoms with van der Waals surface area (Å²) in [7, 11) is -7.20. The molecule has 0 aliphatic carbocycles. The summed E-state index contributed by atoms with van der Waals surface area (Å²) in [5.41, 5.74) is 4.50. The molecule has 2 aliphatic rings. The van der Waals surface area contributed by atoms with Crippen LogP contribution >= 0.6 is 7.75 Å². The van der Waals surface area contributed by atoms with Crippen molar-refractivity contribution in [2.75, 3.05) is 18.9 Å². The van der Waals surface area contributed by atoms with Gasteiger partial charge in [-0.05, 0) is 36.3 Å². The van der Waals surface area contributed by atoms with Gasteiger partial charge in [-0.1, -0.05) is 39.0 Å². The molecule has 2 aromatic rings. The fourth-order valence-corrected chi connectivity index (χ4v) is 6.87. The van der Waals surface area contributed by atoms with Gasteiger partial charge in [0.25, 0.3) is 0 Å². The molecule has 12 nitrogen and oxygen atoms in total. The molecule has 5 atom stereocenters. The van der Waals surface area contributed by atoms with Crippen LogP contribution in [0.3, 0.4) is 0 Å². The van der Waals surface area contributed by atoms with Crippen LogP contribution in [0.15, 0.2) is 47.4 Å². The highest BCUT2D eigenvalue weighted by molar-refractivity contribution is 7.52. The molecular formula is C25H35F2N4O8PSi. The Morgan fingerprint density at radius 3 is 2.49 bits per heavy atom. The first-order valence-corrected chi connectivity index (χ1v) is 17.5. The van der Waals surface area contributed by atoms with Crippen molar-refractivity contribution in [3.8, 4) is 5.75 Å². The maximum Gasteiger partial charge on any atom is 0.459 e. The van der Waals surface area contributed by atoms with Gasteiger partial charge < -0.3 is 24.2 Å². The van der Waals surface area contributed by atoms with E-state index in [2.05, 4.69) is 10.1 Å². The number of carbonyl (C=O) groups excluding carboxylic acids is 1. The van der Waals surface area contributed by atoms with E-state index in [1.54, 1.807) is 31.3 Å². The number of anilines is 1. The Morgan fingerprint density at radius 1 is 1.22 bits per heavy atom. The second-order valence-corrected chi connectivity index (χ2v) is 17.8. The van der Waals surface area contributed by atoms with Gasteiger partial charge in [-0.3, -0.25) is 13.9 Å². The first-order valence-electron chi connectivity index (χ1n) is 13.0. The molecule has 2 saturated heterocycles. The number of ether oxygens (including phenoxy) is 2. The molecule has 1 aromatic heterocycles.